The van der Waals surface area contributed by atoms with Crippen molar-refractivity contribution in [2.24, 2.45) is 0 Å². The molecule has 3 aromatic rings. The fraction of sp³-hybridized carbons (Fsp3) is 0.0870. The van der Waals surface area contributed by atoms with Crippen LogP contribution in [0.5, 0.6) is 0 Å². The van der Waals surface area contributed by atoms with Crippen molar-refractivity contribution in [2.45, 2.75) is 18.7 Å². The number of benzene rings is 2. The molecule has 2 aromatic carbocycles. The first-order valence-corrected chi connectivity index (χ1v) is 10.4. The maximum absolute atomic E-state index is 12.9. The van der Waals surface area contributed by atoms with Crippen molar-refractivity contribution >= 4 is 21.5 Å². The summed E-state index contributed by atoms with van der Waals surface area (Å²) in [5.41, 5.74) is 3.81. The van der Waals surface area contributed by atoms with Crippen molar-refractivity contribution in [3.05, 3.63) is 94.8 Å². The van der Waals surface area contributed by atoms with Gasteiger partial charge in [-0.25, -0.2) is 4.21 Å². The Morgan fingerprint density at radius 2 is 1.68 bits per heavy atom. The van der Waals surface area contributed by atoms with E-state index in [0.717, 1.165) is 16.7 Å². The van der Waals surface area contributed by atoms with Crippen LogP contribution in [0.25, 0.3) is 0 Å². The summed E-state index contributed by atoms with van der Waals surface area (Å²) >= 11 is 0. The second-order valence-electron chi connectivity index (χ2n) is 6.43. The maximum atomic E-state index is 12.9. The van der Waals surface area contributed by atoms with E-state index in [2.05, 4.69) is 27.4 Å². The molecule has 0 aliphatic rings. The number of aryl methyl sites for hydroxylation is 2. The highest BCUT2D eigenvalue weighted by Gasteiger charge is 2.14. The highest BCUT2D eigenvalue weighted by molar-refractivity contribution is 7.99. The van der Waals surface area contributed by atoms with Gasteiger partial charge in [0.05, 0.1) is 15.3 Å². The van der Waals surface area contributed by atoms with Crippen LogP contribution in [0.2, 0.25) is 0 Å². The van der Waals surface area contributed by atoms with Gasteiger partial charge in [-0.15, -0.1) is 0 Å². The molecule has 0 radical (unpaired) electrons. The van der Waals surface area contributed by atoms with E-state index >= 15 is 0 Å². The van der Waals surface area contributed by atoms with Crippen LogP contribution in [0, 0.1) is 25.7 Å². The number of amides is 1. The van der Waals surface area contributed by atoms with Crippen LogP contribution >= 0.6 is 0 Å². The molecule has 3 rings (SSSR count). The molecule has 1 unspecified atom stereocenters. The van der Waals surface area contributed by atoms with Gasteiger partial charge in [0.25, 0.3) is 5.91 Å². The second-order valence-corrected chi connectivity index (χ2v) is 8.46. The van der Waals surface area contributed by atoms with Crippen LogP contribution in [0.15, 0.2) is 71.9 Å². The van der Waals surface area contributed by atoms with Gasteiger partial charge in [0, 0.05) is 28.4 Å². The Morgan fingerprint density at radius 3 is 2.39 bits per heavy atom. The molecular weight excluding hydrogens is 368 g/mol. The van der Waals surface area contributed by atoms with Crippen molar-refractivity contribution in [2.75, 3.05) is 0 Å². The number of aromatic nitrogens is 1. The first-order valence-electron chi connectivity index (χ1n) is 8.64. The molecule has 0 saturated carbocycles. The van der Waals surface area contributed by atoms with Gasteiger partial charge in [0.2, 0.25) is 0 Å². The van der Waals surface area contributed by atoms with Crippen LogP contribution in [-0.4, -0.2) is 21.0 Å². The number of carbonyl (C=O) groups excluding carboxylic acids is 1. The Morgan fingerprint density at radius 1 is 0.964 bits per heavy atom. The molecule has 28 heavy (non-hydrogen) atoms. The standard InChI is InChI=1S/C23H20N2O2S/c1-17-9-12-22(13-18(17)2)28(3,27)25-23(26)21-14-20(15-24-16-21)11-10-19-7-5-4-6-8-19/h4-9,12-16H,3H2,1-2H3,(H,25,26,27). The zero-order chi connectivity index (χ0) is 20.1. The third kappa shape index (κ3) is 4.67. The Balaban J connectivity index is 1.81. The monoisotopic (exact) mass is 388 g/mol. The number of rotatable bonds is 3. The Bertz CT molecular complexity index is 1190. The lowest BCUT2D eigenvalue weighted by Crippen LogP contribution is -2.30. The van der Waals surface area contributed by atoms with Crippen LogP contribution in [-0.2, 0) is 9.71 Å². The Kier molecular flexibility index (Phi) is 5.62. The summed E-state index contributed by atoms with van der Waals surface area (Å²) in [7, 11) is -2.98. The number of nitrogens with one attached hydrogen (secondary N) is 1. The van der Waals surface area contributed by atoms with Gasteiger partial charge in [-0.3, -0.25) is 14.5 Å². The summed E-state index contributed by atoms with van der Waals surface area (Å²) in [6, 6.07) is 16.5. The Hall–Kier alpha value is -3.36. The molecule has 1 aromatic heterocycles. The summed E-state index contributed by atoms with van der Waals surface area (Å²) in [5, 5.41) is 0. The molecule has 140 valence electrons. The molecule has 1 atom stereocenters. The van der Waals surface area contributed by atoms with Crippen molar-refractivity contribution in [3.63, 3.8) is 0 Å². The minimum absolute atomic E-state index is 0.278. The minimum Gasteiger partial charge on any atom is -0.275 e. The molecule has 0 fully saturated rings. The predicted octanol–water partition coefficient (Wildman–Crippen LogP) is 3.52. The van der Waals surface area contributed by atoms with Gasteiger partial charge in [-0.05, 0) is 61.2 Å². The lowest BCUT2D eigenvalue weighted by Gasteiger charge is -2.13. The van der Waals surface area contributed by atoms with Crippen molar-refractivity contribution in [1.29, 1.82) is 0 Å². The van der Waals surface area contributed by atoms with Crippen LogP contribution in [0.1, 0.15) is 32.6 Å². The fourth-order valence-corrected chi connectivity index (χ4v) is 3.68. The molecule has 1 heterocycles. The quantitative estimate of drug-likeness (QED) is 0.552. The van der Waals surface area contributed by atoms with Gasteiger partial charge in [-0.2, -0.15) is 0 Å². The number of hydrogen-bond donors (Lipinski definition) is 1. The fourth-order valence-electron chi connectivity index (χ4n) is 2.48. The van der Waals surface area contributed by atoms with E-state index in [1.165, 1.54) is 6.20 Å². The highest BCUT2D eigenvalue weighted by Crippen LogP contribution is 2.15. The summed E-state index contributed by atoms with van der Waals surface area (Å²) in [6.07, 6.45) is 3.00. The summed E-state index contributed by atoms with van der Waals surface area (Å²) in [5.74, 6) is 9.22. The SMILES string of the molecule is C=S(=O)(NC(=O)c1cncc(C#Cc2ccccc2)c1)c1ccc(C)c(C)c1. The van der Waals surface area contributed by atoms with Crippen molar-refractivity contribution in [3.8, 4) is 11.8 Å². The normalized spacial score (nSPS) is 12.4. The third-order valence-corrected chi connectivity index (χ3v) is 5.77. The number of hydrogen-bond acceptors (Lipinski definition) is 3. The number of nitrogens with zero attached hydrogens (tertiary/aromatic N) is 1. The predicted molar refractivity (Wildman–Crippen MR) is 114 cm³/mol. The lowest BCUT2D eigenvalue weighted by atomic mass is 10.1. The minimum atomic E-state index is -2.98. The molecule has 0 spiro atoms. The van der Waals surface area contributed by atoms with E-state index in [1.807, 2.05) is 50.2 Å². The largest absolute Gasteiger partial charge is 0.275 e. The topological polar surface area (TPSA) is 59.1 Å². The molecule has 0 saturated heterocycles. The molecule has 5 heteroatoms. The molecule has 4 nitrogen and oxygen atoms in total. The highest BCUT2D eigenvalue weighted by atomic mass is 32.2. The van der Waals surface area contributed by atoms with E-state index in [0.29, 0.717) is 10.5 Å². The molecular formula is C23H20N2O2S. The zero-order valence-corrected chi connectivity index (χ0v) is 16.5. The summed E-state index contributed by atoms with van der Waals surface area (Å²) < 4.78 is 15.5. The average Bonchev–Trinajstić information content (AvgIpc) is 2.69. The van der Waals surface area contributed by atoms with Crippen molar-refractivity contribution < 1.29 is 9.00 Å². The van der Waals surface area contributed by atoms with E-state index in [1.54, 1.807) is 24.4 Å². The Labute approximate surface area is 165 Å². The summed E-state index contributed by atoms with van der Waals surface area (Å²) in [6.45, 7) is 3.89. The average molecular weight is 388 g/mol. The van der Waals surface area contributed by atoms with Crippen molar-refractivity contribution in [1.82, 2.24) is 9.71 Å². The zero-order valence-electron chi connectivity index (χ0n) is 15.7. The van der Waals surface area contributed by atoms with E-state index in [4.69, 9.17) is 0 Å². The van der Waals surface area contributed by atoms with Crippen LogP contribution < -0.4 is 4.72 Å². The van der Waals surface area contributed by atoms with Gasteiger partial charge in [0.15, 0.2) is 0 Å². The van der Waals surface area contributed by atoms with Crippen LogP contribution in [0.3, 0.4) is 0 Å². The van der Waals surface area contributed by atoms with Gasteiger partial charge in [-0.1, -0.05) is 36.1 Å². The molecule has 1 amide bonds. The van der Waals surface area contributed by atoms with E-state index in [-0.39, 0.29) is 5.56 Å². The number of carbonyl (C=O) groups is 1. The number of pyridine rings is 1. The van der Waals surface area contributed by atoms with Crippen LogP contribution in [0.4, 0.5) is 0 Å². The molecule has 0 bridgehead atoms. The lowest BCUT2D eigenvalue weighted by molar-refractivity contribution is 0.0982. The second kappa shape index (κ2) is 8.12. The van der Waals surface area contributed by atoms with Gasteiger partial charge in [0.1, 0.15) is 0 Å². The molecule has 0 aliphatic carbocycles. The first kappa shape index (κ1) is 19.4. The maximum Gasteiger partial charge on any atom is 0.264 e. The smallest absolute Gasteiger partial charge is 0.264 e. The third-order valence-electron chi connectivity index (χ3n) is 4.24. The van der Waals surface area contributed by atoms with E-state index in [9.17, 15) is 9.00 Å². The summed E-state index contributed by atoms with van der Waals surface area (Å²) in [4.78, 5) is 17.1. The van der Waals surface area contributed by atoms with Gasteiger partial charge < -0.3 is 0 Å². The molecule has 0 aliphatic heterocycles. The van der Waals surface area contributed by atoms with Gasteiger partial charge >= 0.3 is 0 Å². The molecule has 1 N–H and O–H groups in total. The first-order chi connectivity index (χ1) is 13.3. The van der Waals surface area contributed by atoms with E-state index < -0.39 is 15.6 Å².